The standard InChI is InChI=1S/C16H19ClN2O4/c1-9-12(10(2)23-19-9)7-18-8-14(20)11-5-13(17)16-15(6-11)21-3-4-22-16/h5-6,14,18,20H,3-4,7-8H2,1-2H3. The number of hydrogen-bond acceptors (Lipinski definition) is 6. The van der Waals surface area contributed by atoms with Crippen molar-refractivity contribution in [1.82, 2.24) is 10.5 Å². The molecule has 7 heteroatoms. The highest BCUT2D eigenvalue weighted by molar-refractivity contribution is 6.32. The van der Waals surface area contributed by atoms with Crippen LogP contribution in [0.5, 0.6) is 11.5 Å². The normalized spacial score (nSPS) is 14.8. The van der Waals surface area contributed by atoms with Crippen molar-refractivity contribution in [3.63, 3.8) is 0 Å². The van der Waals surface area contributed by atoms with Crippen molar-refractivity contribution in [2.75, 3.05) is 19.8 Å². The van der Waals surface area contributed by atoms with Crippen LogP contribution in [0.25, 0.3) is 0 Å². The minimum Gasteiger partial charge on any atom is -0.486 e. The molecule has 3 rings (SSSR count). The summed E-state index contributed by atoms with van der Waals surface area (Å²) in [6.45, 7) is 5.68. The minimum absolute atomic E-state index is 0.375. The average molecular weight is 339 g/mol. The number of aromatic nitrogens is 1. The highest BCUT2D eigenvalue weighted by atomic mass is 35.5. The first-order valence-electron chi connectivity index (χ1n) is 7.46. The van der Waals surface area contributed by atoms with E-state index in [0.29, 0.717) is 48.4 Å². The van der Waals surface area contributed by atoms with E-state index in [1.165, 1.54) is 0 Å². The molecule has 2 heterocycles. The molecule has 0 saturated heterocycles. The van der Waals surface area contributed by atoms with Crippen LogP contribution in [0, 0.1) is 13.8 Å². The third-order valence-electron chi connectivity index (χ3n) is 3.82. The first-order chi connectivity index (χ1) is 11.1. The van der Waals surface area contributed by atoms with E-state index < -0.39 is 6.10 Å². The second-order valence-electron chi connectivity index (χ2n) is 5.48. The van der Waals surface area contributed by atoms with E-state index >= 15 is 0 Å². The van der Waals surface area contributed by atoms with Gasteiger partial charge in [-0.05, 0) is 31.5 Å². The van der Waals surface area contributed by atoms with Crippen molar-refractivity contribution in [2.24, 2.45) is 0 Å². The Labute approximate surface area is 139 Å². The molecule has 1 aromatic heterocycles. The zero-order valence-corrected chi connectivity index (χ0v) is 13.8. The van der Waals surface area contributed by atoms with Gasteiger partial charge in [0.15, 0.2) is 11.5 Å². The molecular formula is C16H19ClN2O4. The Hall–Kier alpha value is -1.76. The highest BCUT2D eigenvalue weighted by Crippen LogP contribution is 2.39. The lowest BCUT2D eigenvalue weighted by Crippen LogP contribution is -2.22. The summed E-state index contributed by atoms with van der Waals surface area (Å²) in [6.07, 6.45) is -0.705. The largest absolute Gasteiger partial charge is 0.486 e. The van der Waals surface area contributed by atoms with Crippen LogP contribution in [0.2, 0.25) is 5.02 Å². The zero-order chi connectivity index (χ0) is 16.4. The van der Waals surface area contributed by atoms with E-state index in [2.05, 4.69) is 10.5 Å². The third-order valence-corrected chi connectivity index (χ3v) is 4.11. The summed E-state index contributed by atoms with van der Waals surface area (Å²) < 4.78 is 16.1. The Bertz CT molecular complexity index is 682. The number of rotatable bonds is 5. The fourth-order valence-corrected chi connectivity index (χ4v) is 2.80. The number of aliphatic hydroxyl groups is 1. The van der Waals surface area contributed by atoms with Gasteiger partial charge in [-0.15, -0.1) is 0 Å². The molecule has 1 aromatic carbocycles. The summed E-state index contributed by atoms with van der Waals surface area (Å²) >= 11 is 6.19. The van der Waals surface area contributed by atoms with E-state index in [4.69, 9.17) is 25.6 Å². The average Bonchev–Trinajstić information content (AvgIpc) is 2.86. The molecule has 2 N–H and O–H groups in total. The predicted molar refractivity (Wildman–Crippen MR) is 85.1 cm³/mol. The van der Waals surface area contributed by atoms with Gasteiger partial charge in [-0.3, -0.25) is 0 Å². The SMILES string of the molecule is Cc1noc(C)c1CNCC(O)c1cc(Cl)c2c(c1)OCCO2. The van der Waals surface area contributed by atoms with Crippen LogP contribution in [0.15, 0.2) is 16.7 Å². The van der Waals surface area contributed by atoms with E-state index in [1.807, 2.05) is 13.8 Å². The maximum absolute atomic E-state index is 10.4. The summed E-state index contributed by atoms with van der Waals surface area (Å²) in [7, 11) is 0. The Morgan fingerprint density at radius 1 is 1.30 bits per heavy atom. The van der Waals surface area contributed by atoms with Gasteiger partial charge >= 0.3 is 0 Å². The number of hydrogen-bond donors (Lipinski definition) is 2. The number of benzene rings is 1. The van der Waals surface area contributed by atoms with Gasteiger partial charge in [0, 0.05) is 18.7 Å². The van der Waals surface area contributed by atoms with Crippen LogP contribution in [0.1, 0.15) is 28.7 Å². The van der Waals surface area contributed by atoms with Crippen molar-refractivity contribution >= 4 is 11.6 Å². The van der Waals surface area contributed by atoms with E-state index in [0.717, 1.165) is 17.0 Å². The number of nitrogens with zero attached hydrogens (tertiary/aromatic N) is 1. The van der Waals surface area contributed by atoms with Crippen molar-refractivity contribution in [2.45, 2.75) is 26.5 Å². The lowest BCUT2D eigenvalue weighted by molar-refractivity contribution is 0.163. The molecule has 1 aliphatic heterocycles. The molecule has 6 nitrogen and oxygen atoms in total. The van der Waals surface area contributed by atoms with Gasteiger partial charge in [0.25, 0.3) is 0 Å². The summed E-state index contributed by atoms with van der Waals surface area (Å²) in [5.74, 6) is 1.90. The van der Waals surface area contributed by atoms with Crippen molar-refractivity contribution in [1.29, 1.82) is 0 Å². The lowest BCUT2D eigenvalue weighted by Gasteiger charge is -2.21. The molecule has 0 radical (unpaired) electrons. The molecule has 1 atom stereocenters. The summed E-state index contributed by atoms with van der Waals surface area (Å²) in [5.41, 5.74) is 2.55. The van der Waals surface area contributed by atoms with Crippen LogP contribution >= 0.6 is 11.6 Å². The molecule has 0 spiro atoms. The summed E-state index contributed by atoms with van der Waals surface area (Å²) in [5, 5.41) is 17.9. The molecule has 124 valence electrons. The number of fused-ring (bicyclic) bond motifs is 1. The van der Waals surface area contributed by atoms with Crippen LogP contribution in [-0.4, -0.2) is 30.0 Å². The molecule has 0 saturated carbocycles. The van der Waals surface area contributed by atoms with Gasteiger partial charge in [0.1, 0.15) is 19.0 Å². The summed E-state index contributed by atoms with van der Waals surface area (Å²) in [4.78, 5) is 0. The van der Waals surface area contributed by atoms with E-state index in [9.17, 15) is 5.11 Å². The second-order valence-corrected chi connectivity index (χ2v) is 5.88. The van der Waals surface area contributed by atoms with Crippen LogP contribution in [0.3, 0.4) is 0 Å². The van der Waals surface area contributed by atoms with Gasteiger partial charge in [0.05, 0.1) is 16.8 Å². The predicted octanol–water partition coefficient (Wildman–Crippen LogP) is 2.54. The smallest absolute Gasteiger partial charge is 0.179 e. The van der Waals surface area contributed by atoms with Crippen molar-refractivity contribution in [3.8, 4) is 11.5 Å². The second kappa shape index (κ2) is 6.78. The van der Waals surface area contributed by atoms with Crippen molar-refractivity contribution in [3.05, 3.63) is 39.7 Å². The zero-order valence-electron chi connectivity index (χ0n) is 13.1. The topological polar surface area (TPSA) is 76.8 Å². The van der Waals surface area contributed by atoms with Crippen molar-refractivity contribution < 1.29 is 19.1 Å². The first-order valence-corrected chi connectivity index (χ1v) is 7.83. The van der Waals surface area contributed by atoms with Gasteiger partial charge < -0.3 is 24.4 Å². The Kier molecular flexibility index (Phi) is 4.75. The monoisotopic (exact) mass is 338 g/mol. The van der Waals surface area contributed by atoms with Gasteiger partial charge in [-0.2, -0.15) is 0 Å². The fourth-order valence-electron chi connectivity index (χ4n) is 2.53. The van der Waals surface area contributed by atoms with Crippen LogP contribution in [0.4, 0.5) is 0 Å². The third kappa shape index (κ3) is 3.44. The molecule has 1 unspecified atom stereocenters. The van der Waals surface area contributed by atoms with Gasteiger partial charge in [-0.25, -0.2) is 0 Å². The van der Waals surface area contributed by atoms with Crippen LogP contribution < -0.4 is 14.8 Å². The van der Waals surface area contributed by atoms with Gasteiger partial charge in [-0.1, -0.05) is 16.8 Å². The van der Waals surface area contributed by atoms with E-state index in [-0.39, 0.29) is 0 Å². The first kappa shape index (κ1) is 16.1. The minimum atomic E-state index is -0.705. The fraction of sp³-hybridized carbons (Fsp3) is 0.438. The maximum atomic E-state index is 10.4. The molecule has 0 amide bonds. The maximum Gasteiger partial charge on any atom is 0.179 e. The Morgan fingerprint density at radius 2 is 2.09 bits per heavy atom. The number of nitrogens with one attached hydrogen (secondary N) is 1. The van der Waals surface area contributed by atoms with Crippen LogP contribution in [-0.2, 0) is 6.54 Å². The molecule has 1 aliphatic rings. The number of ether oxygens (including phenoxy) is 2. The van der Waals surface area contributed by atoms with E-state index in [1.54, 1.807) is 12.1 Å². The summed E-state index contributed by atoms with van der Waals surface area (Å²) in [6, 6.07) is 3.47. The van der Waals surface area contributed by atoms with Gasteiger partial charge in [0.2, 0.25) is 0 Å². The molecule has 0 aliphatic carbocycles. The lowest BCUT2D eigenvalue weighted by atomic mass is 10.1. The molecule has 0 bridgehead atoms. The molecule has 23 heavy (non-hydrogen) atoms. The number of halogens is 1. The Balaban J connectivity index is 1.64. The Morgan fingerprint density at radius 3 is 2.83 bits per heavy atom. The molecule has 2 aromatic rings. The highest BCUT2D eigenvalue weighted by Gasteiger charge is 2.19. The molecular weight excluding hydrogens is 320 g/mol. The molecule has 0 fully saturated rings. The number of aryl methyl sites for hydroxylation is 2. The number of aliphatic hydroxyl groups excluding tert-OH is 1. The quantitative estimate of drug-likeness (QED) is 0.872.